The predicted molar refractivity (Wildman–Crippen MR) is 68.0 cm³/mol. The van der Waals surface area contributed by atoms with Gasteiger partial charge in [0.2, 0.25) is 0 Å². The molecule has 0 amide bonds. The van der Waals surface area contributed by atoms with Crippen molar-refractivity contribution in [1.82, 2.24) is 4.90 Å². The molecule has 2 unspecified atom stereocenters. The van der Waals surface area contributed by atoms with Gasteiger partial charge in [-0.05, 0) is 20.3 Å². The molecule has 1 rings (SSSR count). The molecule has 1 fully saturated rings. The number of morpholine rings is 1. The van der Waals surface area contributed by atoms with Crippen LogP contribution in [0.3, 0.4) is 0 Å². The van der Waals surface area contributed by atoms with Gasteiger partial charge in [-0.15, -0.1) is 0 Å². The van der Waals surface area contributed by atoms with E-state index in [-0.39, 0.29) is 30.3 Å². The maximum absolute atomic E-state index is 9.46. The first kappa shape index (κ1) is 14.9. The molecular formula is C13H27NO3. The van der Waals surface area contributed by atoms with Crippen LogP contribution >= 0.6 is 0 Å². The molecule has 0 spiro atoms. The molecule has 4 nitrogen and oxygen atoms in total. The molecule has 2 atom stereocenters. The predicted octanol–water partition coefficient (Wildman–Crippen LogP) is 0.867. The fourth-order valence-electron chi connectivity index (χ4n) is 2.45. The smallest absolute Gasteiger partial charge is 0.0940 e. The minimum absolute atomic E-state index is 0.0574. The van der Waals surface area contributed by atoms with E-state index in [1.807, 2.05) is 13.8 Å². The lowest BCUT2D eigenvalue weighted by Crippen LogP contribution is -2.56. The SMILES string of the molecule is CCC(C)(CO)CN1CC(CO)OC(C)(C)C1. The fraction of sp³-hybridized carbons (Fsp3) is 1.00. The third-order valence-corrected chi connectivity index (χ3v) is 3.60. The molecule has 1 heterocycles. The number of ether oxygens (including phenoxy) is 1. The number of hydrogen-bond donors (Lipinski definition) is 2. The summed E-state index contributed by atoms with van der Waals surface area (Å²) >= 11 is 0. The summed E-state index contributed by atoms with van der Waals surface area (Å²) in [5.41, 5.74) is -0.289. The second kappa shape index (κ2) is 5.65. The minimum Gasteiger partial charge on any atom is -0.396 e. The summed E-state index contributed by atoms with van der Waals surface area (Å²) in [4.78, 5) is 2.30. The zero-order valence-electron chi connectivity index (χ0n) is 11.6. The highest BCUT2D eigenvalue weighted by Crippen LogP contribution is 2.27. The van der Waals surface area contributed by atoms with Crippen molar-refractivity contribution in [2.24, 2.45) is 5.41 Å². The maximum Gasteiger partial charge on any atom is 0.0940 e. The molecule has 2 N–H and O–H groups in total. The van der Waals surface area contributed by atoms with Gasteiger partial charge < -0.3 is 14.9 Å². The average molecular weight is 245 g/mol. The van der Waals surface area contributed by atoms with Crippen molar-refractivity contribution < 1.29 is 14.9 Å². The summed E-state index contributed by atoms with van der Waals surface area (Å²) in [7, 11) is 0. The Labute approximate surface area is 105 Å². The van der Waals surface area contributed by atoms with Gasteiger partial charge in [-0.1, -0.05) is 13.8 Å². The van der Waals surface area contributed by atoms with E-state index >= 15 is 0 Å². The van der Waals surface area contributed by atoms with Gasteiger partial charge in [0, 0.05) is 31.7 Å². The Balaban J connectivity index is 2.64. The molecule has 0 aromatic rings. The summed E-state index contributed by atoms with van der Waals surface area (Å²) in [6.07, 6.45) is 0.837. The molecule has 0 radical (unpaired) electrons. The van der Waals surface area contributed by atoms with Crippen LogP contribution in [-0.2, 0) is 4.74 Å². The first-order chi connectivity index (χ1) is 7.84. The molecule has 0 aromatic heterocycles. The Kier molecular flexibility index (Phi) is 4.95. The minimum atomic E-state index is -0.226. The molecule has 4 heteroatoms. The van der Waals surface area contributed by atoms with E-state index in [9.17, 15) is 10.2 Å². The van der Waals surface area contributed by atoms with Crippen molar-refractivity contribution in [3.8, 4) is 0 Å². The Hall–Kier alpha value is -0.160. The van der Waals surface area contributed by atoms with Crippen molar-refractivity contribution >= 4 is 0 Å². The van der Waals surface area contributed by atoms with E-state index in [1.165, 1.54) is 0 Å². The monoisotopic (exact) mass is 245 g/mol. The summed E-state index contributed by atoms with van der Waals surface area (Å²) in [6, 6.07) is 0. The molecule has 1 aliphatic rings. The van der Waals surface area contributed by atoms with E-state index in [4.69, 9.17) is 4.74 Å². The van der Waals surface area contributed by atoms with Gasteiger partial charge in [-0.3, -0.25) is 4.90 Å². The highest BCUT2D eigenvalue weighted by molar-refractivity contribution is 4.87. The number of hydrogen-bond acceptors (Lipinski definition) is 4. The van der Waals surface area contributed by atoms with Gasteiger partial charge in [0.05, 0.1) is 18.3 Å². The molecule has 0 saturated carbocycles. The second-order valence-electron chi connectivity index (χ2n) is 6.17. The van der Waals surface area contributed by atoms with E-state index in [1.54, 1.807) is 0 Å². The van der Waals surface area contributed by atoms with E-state index in [0.717, 1.165) is 26.1 Å². The van der Waals surface area contributed by atoms with Crippen LogP contribution in [0.5, 0.6) is 0 Å². The standard InChI is InChI=1S/C13H27NO3/c1-5-13(4,10-16)9-14-6-11(7-15)17-12(2,3)8-14/h11,15-16H,5-10H2,1-4H3. The van der Waals surface area contributed by atoms with Crippen LogP contribution in [0.2, 0.25) is 0 Å². The van der Waals surface area contributed by atoms with E-state index in [0.29, 0.717) is 0 Å². The molecule has 1 saturated heterocycles. The Morgan fingerprint density at radius 3 is 2.53 bits per heavy atom. The largest absolute Gasteiger partial charge is 0.396 e. The van der Waals surface area contributed by atoms with Crippen LogP contribution in [0.25, 0.3) is 0 Å². The van der Waals surface area contributed by atoms with Crippen LogP contribution in [0.4, 0.5) is 0 Å². The van der Waals surface area contributed by atoms with Crippen molar-refractivity contribution in [3.63, 3.8) is 0 Å². The summed E-state index contributed by atoms with van der Waals surface area (Å²) in [5.74, 6) is 0. The Bertz CT molecular complexity index is 239. The van der Waals surface area contributed by atoms with Gasteiger partial charge in [0.15, 0.2) is 0 Å². The molecule has 0 bridgehead atoms. The molecular weight excluding hydrogens is 218 g/mol. The highest BCUT2D eigenvalue weighted by Gasteiger charge is 2.35. The van der Waals surface area contributed by atoms with Crippen LogP contribution in [-0.4, -0.2) is 59.7 Å². The van der Waals surface area contributed by atoms with Gasteiger partial charge in [0.25, 0.3) is 0 Å². The normalized spacial score (nSPS) is 28.9. The first-order valence-electron chi connectivity index (χ1n) is 6.46. The molecule has 1 aliphatic heterocycles. The van der Waals surface area contributed by atoms with Crippen molar-refractivity contribution in [2.45, 2.75) is 45.8 Å². The number of aliphatic hydroxyl groups is 2. The van der Waals surface area contributed by atoms with E-state index in [2.05, 4.69) is 18.7 Å². The summed E-state index contributed by atoms with van der Waals surface area (Å²) < 4.78 is 5.78. The quantitative estimate of drug-likeness (QED) is 0.754. The van der Waals surface area contributed by atoms with Crippen LogP contribution in [0.1, 0.15) is 34.1 Å². The topological polar surface area (TPSA) is 52.9 Å². The molecule has 102 valence electrons. The first-order valence-corrected chi connectivity index (χ1v) is 6.46. The highest BCUT2D eigenvalue weighted by atomic mass is 16.5. The Morgan fingerprint density at radius 1 is 1.41 bits per heavy atom. The Morgan fingerprint density at radius 2 is 2.06 bits per heavy atom. The van der Waals surface area contributed by atoms with E-state index < -0.39 is 0 Å². The van der Waals surface area contributed by atoms with Crippen LogP contribution in [0, 0.1) is 5.41 Å². The lowest BCUT2D eigenvalue weighted by atomic mass is 9.87. The van der Waals surface area contributed by atoms with Gasteiger partial charge in [-0.2, -0.15) is 0 Å². The summed E-state index contributed by atoms with van der Waals surface area (Å²) in [5, 5.41) is 18.7. The van der Waals surface area contributed by atoms with Crippen molar-refractivity contribution in [1.29, 1.82) is 0 Å². The van der Waals surface area contributed by atoms with Crippen LogP contribution < -0.4 is 0 Å². The molecule has 0 aromatic carbocycles. The van der Waals surface area contributed by atoms with Crippen molar-refractivity contribution in [3.05, 3.63) is 0 Å². The third kappa shape index (κ3) is 4.21. The van der Waals surface area contributed by atoms with Gasteiger partial charge in [-0.25, -0.2) is 0 Å². The number of nitrogens with zero attached hydrogens (tertiary/aromatic N) is 1. The van der Waals surface area contributed by atoms with Gasteiger partial charge in [0.1, 0.15) is 0 Å². The average Bonchev–Trinajstić information content (AvgIpc) is 2.26. The summed E-state index contributed by atoms with van der Waals surface area (Å²) in [6.45, 7) is 11.0. The zero-order valence-corrected chi connectivity index (χ0v) is 11.6. The number of aliphatic hydroxyl groups excluding tert-OH is 2. The fourth-order valence-corrected chi connectivity index (χ4v) is 2.45. The molecule has 17 heavy (non-hydrogen) atoms. The zero-order chi connectivity index (χ0) is 13.1. The second-order valence-corrected chi connectivity index (χ2v) is 6.17. The molecule has 0 aliphatic carbocycles. The number of rotatable bonds is 5. The van der Waals surface area contributed by atoms with Gasteiger partial charge >= 0.3 is 0 Å². The maximum atomic E-state index is 9.46. The van der Waals surface area contributed by atoms with Crippen LogP contribution in [0.15, 0.2) is 0 Å². The third-order valence-electron chi connectivity index (χ3n) is 3.60. The lowest BCUT2D eigenvalue weighted by Gasteiger charge is -2.45. The lowest BCUT2D eigenvalue weighted by molar-refractivity contribution is -0.155. The van der Waals surface area contributed by atoms with Crippen molar-refractivity contribution in [2.75, 3.05) is 32.8 Å².